The number of fused-ring (bicyclic) bond motifs is 1. The summed E-state index contributed by atoms with van der Waals surface area (Å²) in [7, 11) is 0. The van der Waals surface area contributed by atoms with E-state index in [2.05, 4.69) is 10.6 Å². The van der Waals surface area contributed by atoms with Crippen molar-refractivity contribution in [1.29, 1.82) is 0 Å². The van der Waals surface area contributed by atoms with E-state index in [0.29, 0.717) is 17.9 Å². The van der Waals surface area contributed by atoms with Crippen molar-refractivity contribution in [3.05, 3.63) is 24.3 Å². The van der Waals surface area contributed by atoms with Crippen molar-refractivity contribution in [3.8, 4) is 0 Å². The highest BCUT2D eigenvalue weighted by atomic mass is 16.5. The van der Waals surface area contributed by atoms with Gasteiger partial charge in [-0.3, -0.25) is 14.4 Å². The van der Waals surface area contributed by atoms with E-state index in [0.717, 1.165) is 19.4 Å². The van der Waals surface area contributed by atoms with Crippen molar-refractivity contribution in [3.63, 3.8) is 0 Å². The number of rotatable bonds is 5. The number of para-hydroxylation sites is 2. The van der Waals surface area contributed by atoms with Crippen LogP contribution in [0.3, 0.4) is 0 Å². The van der Waals surface area contributed by atoms with Crippen molar-refractivity contribution in [2.75, 3.05) is 29.9 Å². The van der Waals surface area contributed by atoms with Crippen LogP contribution in [0.15, 0.2) is 24.3 Å². The molecule has 0 aliphatic carbocycles. The predicted molar refractivity (Wildman–Crippen MR) is 88.6 cm³/mol. The van der Waals surface area contributed by atoms with E-state index in [4.69, 9.17) is 4.74 Å². The minimum atomic E-state index is -0.232. The molecule has 24 heavy (non-hydrogen) atoms. The number of ether oxygens (including phenoxy) is 1. The molecule has 2 N–H and O–H groups in total. The van der Waals surface area contributed by atoms with Crippen LogP contribution < -0.4 is 15.5 Å². The highest BCUT2D eigenvalue weighted by Crippen LogP contribution is 2.29. The van der Waals surface area contributed by atoms with Crippen molar-refractivity contribution in [2.45, 2.75) is 31.8 Å². The zero-order valence-electron chi connectivity index (χ0n) is 13.4. The van der Waals surface area contributed by atoms with Gasteiger partial charge in [0, 0.05) is 26.0 Å². The van der Waals surface area contributed by atoms with E-state index in [-0.39, 0.29) is 43.2 Å². The van der Waals surface area contributed by atoms with Crippen LogP contribution in [-0.4, -0.2) is 43.5 Å². The van der Waals surface area contributed by atoms with Crippen LogP contribution >= 0.6 is 0 Å². The van der Waals surface area contributed by atoms with E-state index in [1.165, 1.54) is 4.90 Å². The molecule has 1 saturated heterocycles. The zero-order valence-corrected chi connectivity index (χ0v) is 13.4. The highest BCUT2D eigenvalue weighted by molar-refractivity contribution is 6.10. The molecule has 1 aromatic rings. The lowest BCUT2D eigenvalue weighted by Gasteiger charge is -2.29. The molecule has 3 rings (SSSR count). The Morgan fingerprint density at radius 2 is 2.12 bits per heavy atom. The fourth-order valence-corrected chi connectivity index (χ4v) is 2.93. The molecule has 2 heterocycles. The Bertz CT molecular complexity index is 640. The third kappa shape index (κ3) is 3.91. The fraction of sp³-hybridized carbons (Fsp3) is 0.471. The SMILES string of the molecule is O=C(CCC(=O)N1CC(=O)Nc2ccccc21)NC[C@H]1CCCO1. The molecule has 1 atom stereocenters. The van der Waals surface area contributed by atoms with Crippen molar-refractivity contribution < 1.29 is 19.1 Å². The monoisotopic (exact) mass is 331 g/mol. The van der Waals surface area contributed by atoms with Crippen LogP contribution in [0.5, 0.6) is 0 Å². The molecule has 0 aromatic heterocycles. The second-order valence-electron chi connectivity index (χ2n) is 5.98. The third-order valence-electron chi connectivity index (χ3n) is 4.19. The summed E-state index contributed by atoms with van der Waals surface area (Å²) in [5.41, 5.74) is 1.28. The summed E-state index contributed by atoms with van der Waals surface area (Å²) in [6, 6.07) is 7.14. The topological polar surface area (TPSA) is 87.7 Å². The summed E-state index contributed by atoms with van der Waals surface area (Å²) in [5.74, 6) is -0.636. The molecule has 128 valence electrons. The Labute approximate surface area is 140 Å². The summed E-state index contributed by atoms with van der Waals surface area (Å²) in [6.07, 6.45) is 2.24. The molecule has 7 heteroatoms. The van der Waals surface area contributed by atoms with Crippen molar-refractivity contribution in [2.24, 2.45) is 0 Å². The number of benzene rings is 1. The summed E-state index contributed by atoms with van der Waals surface area (Å²) >= 11 is 0. The lowest BCUT2D eigenvalue weighted by Crippen LogP contribution is -2.42. The number of nitrogens with zero attached hydrogens (tertiary/aromatic N) is 1. The largest absolute Gasteiger partial charge is 0.376 e. The van der Waals surface area contributed by atoms with E-state index < -0.39 is 0 Å². The van der Waals surface area contributed by atoms with Gasteiger partial charge in [0.15, 0.2) is 0 Å². The lowest BCUT2D eigenvalue weighted by molar-refractivity contribution is -0.126. The normalized spacial score (nSPS) is 19.6. The van der Waals surface area contributed by atoms with Gasteiger partial charge in [0.25, 0.3) is 0 Å². The third-order valence-corrected chi connectivity index (χ3v) is 4.19. The fourth-order valence-electron chi connectivity index (χ4n) is 2.93. The Balaban J connectivity index is 1.51. The maximum Gasteiger partial charge on any atom is 0.244 e. The van der Waals surface area contributed by atoms with Gasteiger partial charge in [-0.25, -0.2) is 0 Å². The Morgan fingerprint density at radius 1 is 1.29 bits per heavy atom. The smallest absolute Gasteiger partial charge is 0.244 e. The van der Waals surface area contributed by atoms with E-state index in [1.54, 1.807) is 18.2 Å². The lowest BCUT2D eigenvalue weighted by atomic mass is 10.1. The van der Waals surface area contributed by atoms with Crippen LogP contribution in [-0.2, 0) is 19.1 Å². The first-order chi connectivity index (χ1) is 11.6. The minimum absolute atomic E-state index is 0.0205. The van der Waals surface area contributed by atoms with Crippen LogP contribution in [0, 0.1) is 0 Å². The average Bonchev–Trinajstić information content (AvgIpc) is 3.10. The first-order valence-electron chi connectivity index (χ1n) is 8.21. The highest BCUT2D eigenvalue weighted by Gasteiger charge is 2.26. The Morgan fingerprint density at radius 3 is 2.92 bits per heavy atom. The van der Waals surface area contributed by atoms with E-state index >= 15 is 0 Å². The van der Waals surface area contributed by atoms with Gasteiger partial charge in [-0.2, -0.15) is 0 Å². The quantitative estimate of drug-likeness (QED) is 0.844. The summed E-state index contributed by atoms with van der Waals surface area (Å²) in [5, 5.41) is 5.53. The number of carbonyl (C=O) groups is 3. The molecule has 0 saturated carbocycles. The van der Waals surface area contributed by atoms with Crippen LogP contribution in [0.1, 0.15) is 25.7 Å². The molecule has 2 aliphatic heterocycles. The Kier molecular flexibility index (Phi) is 5.10. The molecule has 1 aromatic carbocycles. The van der Waals surface area contributed by atoms with Gasteiger partial charge in [-0.15, -0.1) is 0 Å². The second kappa shape index (κ2) is 7.44. The molecule has 0 bridgehead atoms. The maximum absolute atomic E-state index is 12.4. The van der Waals surface area contributed by atoms with Gasteiger partial charge in [0.2, 0.25) is 17.7 Å². The second-order valence-corrected chi connectivity index (χ2v) is 5.98. The number of hydrogen-bond donors (Lipinski definition) is 2. The summed E-state index contributed by atoms with van der Waals surface area (Å²) in [6.45, 7) is 1.21. The molecule has 0 radical (unpaired) electrons. The summed E-state index contributed by atoms with van der Waals surface area (Å²) < 4.78 is 5.44. The van der Waals surface area contributed by atoms with Crippen molar-refractivity contribution >= 4 is 29.1 Å². The zero-order chi connectivity index (χ0) is 16.9. The van der Waals surface area contributed by atoms with Gasteiger partial charge < -0.3 is 20.3 Å². The molecule has 3 amide bonds. The molecule has 7 nitrogen and oxygen atoms in total. The molecule has 1 fully saturated rings. The molecule has 2 aliphatic rings. The molecular weight excluding hydrogens is 310 g/mol. The minimum Gasteiger partial charge on any atom is -0.376 e. The van der Waals surface area contributed by atoms with E-state index in [9.17, 15) is 14.4 Å². The number of carbonyl (C=O) groups excluding carboxylic acids is 3. The maximum atomic E-state index is 12.4. The summed E-state index contributed by atoms with van der Waals surface area (Å²) in [4.78, 5) is 37.5. The molecule has 0 unspecified atom stereocenters. The van der Waals surface area contributed by atoms with Gasteiger partial charge in [0.05, 0.1) is 17.5 Å². The first kappa shape index (κ1) is 16.4. The van der Waals surface area contributed by atoms with Crippen LogP contribution in [0.4, 0.5) is 11.4 Å². The van der Waals surface area contributed by atoms with Crippen LogP contribution in [0.25, 0.3) is 0 Å². The number of nitrogens with one attached hydrogen (secondary N) is 2. The van der Waals surface area contributed by atoms with Crippen LogP contribution in [0.2, 0.25) is 0 Å². The van der Waals surface area contributed by atoms with Gasteiger partial charge in [-0.05, 0) is 25.0 Å². The molecular formula is C17H21N3O4. The predicted octanol–water partition coefficient (Wildman–Crippen LogP) is 1.05. The van der Waals surface area contributed by atoms with E-state index in [1.807, 2.05) is 6.07 Å². The van der Waals surface area contributed by atoms with Gasteiger partial charge >= 0.3 is 0 Å². The number of amides is 3. The standard InChI is InChI=1S/C17H21N3O4/c21-15(18-10-12-4-3-9-24-12)7-8-17(23)20-11-16(22)19-13-5-1-2-6-14(13)20/h1-2,5-6,12H,3-4,7-11H2,(H,18,21)(H,19,22)/t12-/m1/s1. The van der Waals surface area contributed by atoms with Gasteiger partial charge in [0.1, 0.15) is 6.54 Å². The number of anilines is 2. The average molecular weight is 331 g/mol. The first-order valence-corrected chi connectivity index (χ1v) is 8.21. The Hall–Kier alpha value is -2.41. The number of hydrogen-bond acceptors (Lipinski definition) is 4. The van der Waals surface area contributed by atoms with Gasteiger partial charge in [-0.1, -0.05) is 12.1 Å². The van der Waals surface area contributed by atoms with Crippen molar-refractivity contribution in [1.82, 2.24) is 5.32 Å². The molecule has 0 spiro atoms.